The summed E-state index contributed by atoms with van der Waals surface area (Å²) in [5.74, 6) is 0. The van der Waals surface area contributed by atoms with Gasteiger partial charge in [-0.2, -0.15) is 0 Å². The van der Waals surface area contributed by atoms with Gasteiger partial charge >= 0.3 is 0 Å². The Morgan fingerprint density at radius 2 is 2.47 bits per heavy atom. The molecule has 1 aromatic heterocycles. The van der Waals surface area contributed by atoms with Gasteiger partial charge in [-0.3, -0.25) is 4.90 Å². The summed E-state index contributed by atoms with van der Waals surface area (Å²) < 4.78 is 0. The summed E-state index contributed by atoms with van der Waals surface area (Å²) in [5.41, 5.74) is 7.32. The van der Waals surface area contributed by atoms with E-state index in [1.165, 1.54) is 12.1 Å². The molecule has 1 aliphatic rings. The zero-order valence-electron chi connectivity index (χ0n) is 9.49. The maximum absolute atomic E-state index is 5.79. The predicted molar refractivity (Wildman–Crippen MR) is 63.9 cm³/mol. The van der Waals surface area contributed by atoms with Crippen molar-refractivity contribution >= 4 is 11.3 Å². The lowest BCUT2D eigenvalue weighted by Crippen LogP contribution is -2.31. The summed E-state index contributed by atoms with van der Waals surface area (Å²) in [6, 6.07) is 0. The van der Waals surface area contributed by atoms with Crippen LogP contribution in [0, 0.1) is 12.3 Å². The number of hydrogen-bond donors (Lipinski definition) is 1. The first-order chi connectivity index (χ1) is 7.11. The van der Waals surface area contributed by atoms with Gasteiger partial charge in [-0.15, -0.1) is 11.3 Å². The van der Waals surface area contributed by atoms with Gasteiger partial charge in [-0.05, 0) is 31.8 Å². The summed E-state index contributed by atoms with van der Waals surface area (Å²) in [5, 5.41) is 3.32. The second kappa shape index (κ2) is 4.20. The minimum absolute atomic E-state index is 0.324. The quantitative estimate of drug-likeness (QED) is 0.850. The number of aryl methyl sites for hydroxylation is 1. The lowest BCUT2D eigenvalue weighted by atomic mass is 9.90. The number of rotatable bonds is 3. The third-order valence-electron chi connectivity index (χ3n) is 3.18. The van der Waals surface area contributed by atoms with Crippen molar-refractivity contribution in [2.24, 2.45) is 11.1 Å². The third-order valence-corrected chi connectivity index (χ3v) is 4.00. The molecule has 1 saturated heterocycles. The van der Waals surface area contributed by atoms with E-state index in [1.807, 2.05) is 0 Å². The first-order valence-corrected chi connectivity index (χ1v) is 6.33. The van der Waals surface area contributed by atoms with E-state index in [0.29, 0.717) is 5.41 Å². The minimum atomic E-state index is 0.324. The van der Waals surface area contributed by atoms with Crippen molar-refractivity contribution in [2.45, 2.75) is 26.8 Å². The topological polar surface area (TPSA) is 42.2 Å². The fourth-order valence-electron chi connectivity index (χ4n) is 2.14. The monoisotopic (exact) mass is 225 g/mol. The van der Waals surface area contributed by atoms with Crippen molar-refractivity contribution in [2.75, 3.05) is 19.6 Å². The molecule has 0 saturated carbocycles. The van der Waals surface area contributed by atoms with Crippen LogP contribution in [0.5, 0.6) is 0 Å². The molecule has 15 heavy (non-hydrogen) atoms. The maximum atomic E-state index is 5.79. The second-order valence-corrected chi connectivity index (χ2v) is 5.90. The predicted octanol–water partition coefficient (Wildman–Crippen LogP) is 1.62. The lowest BCUT2D eigenvalue weighted by molar-refractivity contribution is 0.272. The highest BCUT2D eigenvalue weighted by molar-refractivity contribution is 7.09. The van der Waals surface area contributed by atoms with E-state index in [2.05, 4.69) is 29.1 Å². The van der Waals surface area contributed by atoms with E-state index in [9.17, 15) is 0 Å². The van der Waals surface area contributed by atoms with Gasteiger partial charge in [0.2, 0.25) is 0 Å². The molecular weight excluding hydrogens is 206 g/mol. The minimum Gasteiger partial charge on any atom is -0.330 e. The van der Waals surface area contributed by atoms with Crippen LogP contribution in [0.3, 0.4) is 0 Å². The SMILES string of the molecule is Cc1nc(CN2CCC(C)(CN)C2)cs1. The Hall–Kier alpha value is -0.450. The molecule has 0 aliphatic carbocycles. The van der Waals surface area contributed by atoms with Crippen LogP contribution >= 0.6 is 11.3 Å². The Morgan fingerprint density at radius 1 is 1.67 bits per heavy atom. The molecule has 3 nitrogen and oxygen atoms in total. The fraction of sp³-hybridized carbons (Fsp3) is 0.727. The number of thiazole rings is 1. The zero-order valence-corrected chi connectivity index (χ0v) is 10.3. The molecular formula is C11H19N3S. The molecule has 1 fully saturated rings. The summed E-state index contributed by atoms with van der Waals surface area (Å²) >= 11 is 1.73. The highest BCUT2D eigenvalue weighted by atomic mass is 32.1. The molecule has 1 atom stereocenters. The Bertz CT molecular complexity index is 336. The van der Waals surface area contributed by atoms with Crippen molar-refractivity contribution in [3.63, 3.8) is 0 Å². The molecule has 2 N–H and O–H groups in total. The van der Waals surface area contributed by atoms with Gasteiger partial charge in [-0.1, -0.05) is 6.92 Å². The summed E-state index contributed by atoms with van der Waals surface area (Å²) in [6.07, 6.45) is 1.21. The normalized spacial score (nSPS) is 27.4. The van der Waals surface area contributed by atoms with E-state index < -0.39 is 0 Å². The molecule has 2 heterocycles. The Balaban J connectivity index is 1.92. The van der Waals surface area contributed by atoms with Gasteiger partial charge in [-0.25, -0.2) is 4.98 Å². The average Bonchev–Trinajstić information content (AvgIpc) is 2.76. The van der Waals surface area contributed by atoms with Gasteiger partial charge in [0.15, 0.2) is 0 Å². The number of nitrogens with zero attached hydrogens (tertiary/aromatic N) is 2. The van der Waals surface area contributed by atoms with Crippen molar-refractivity contribution in [1.29, 1.82) is 0 Å². The first-order valence-electron chi connectivity index (χ1n) is 5.45. The molecule has 0 aromatic carbocycles. The van der Waals surface area contributed by atoms with Gasteiger partial charge in [0.25, 0.3) is 0 Å². The standard InChI is InChI=1S/C11H19N3S/c1-9-13-10(6-15-9)5-14-4-3-11(2,7-12)8-14/h6H,3-5,7-8,12H2,1-2H3. The average molecular weight is 225 g/mol. The van der Waals surface area contributed by atoms with E-state index >= 15 is 0 Å². The molecule has 0 amide bonds. The van der Waals surface area contributed by atoms with E-state index in [-0.39, 0.29) is 0 Å². The van der Waals surface area contributed by atoms with Crippen LogP contribution in [0.1, 0.15) is 24.0 Å². The smallest absolute Gasteiger partial charge is 0.0897 e. The molecule has 1 unspecified atom stereocenters. The molecule has 0 radical (unpaired) electrons. The van der Waals surface area contributed by atoms with Crippen LogP contribution in [-0.4, -0.2) is 29.5 Å². The molecule has 4 heteroatoms. The largest absolute Gasteiger partial charge is 0.330 e. The molecule has 0 spiro atoms. The Labute approximate surface area is 95.3 Å². The third kappa shape index (κ3) is 2.56. The van der Waals surface area contributed by atoms with Gasteiger partial charge < -0.3 is 5.73 Å². The van der Waals surface area contributed by atoms with Gasteiger partial charge in [0.1, 0.15) is 0 Å². The Kier molecular flexibility index (Phi) is 3.09. The number of nitrogens with two attached hydrogens (primary N) is 1. The molecule has 84 valence electrons. The maximum Gasteiger partial charge on any atom is 0.0897 e. The van der Waals surface area contributed by atoms with Crippen molar-refractivity contribution in [1.82, 2.24) is 9.88 Å². The van der Waals surface area contributed by atoms with Crippen molar-refractivity contribution in [3.05, 3.63) is 16.1 Å². The van der Waals surface area contributed by atoms with Crippen LogP contribution < -0.4 is 5.73 Å². The fourth-order valence-corrected chi connectivity index (χ4v) is 2.74. The molecule has 1 aromatic rings. The van der Waals surface area contributed by atoms with Crippen molar-refractivity contribution in [3.8, 4) is 0 Å². The summed E-state index contributed by atoms with van der Waals surface area (Å²) in [4.78, 5) is 6.95. The number of aromatic nitrogens is 1. The van der Waals surface area contributed by atoms with E-state index in [4.69, 9.17) is 5.73 Å². The molecule has 1 aliphatic heterocycles. The number of hydrogen-bond acceptors (Lipinski definition) is 4. The zero-order chi connectivity index (χ0) is 10.9. The first kappa shape index (κ1) is 11.0. The van der Waals surface area contributed by atoms with Crippen molar-refractivity contribution < 1.29 is 0 Å². The summed E-state index contributed by atoms with van der Waals surface area (Å²) in [7, 11) is 0. The molecule has 0 bridgehead atoms. The van der Waals surface area contributed by atoms with Gasteiger partial charge in [0.05, 0.1) is 10.7 Å². The number of likely N-dealkylation sites (tertiary alicyclic amines) is 1. The van der Waals surface area contributed by atoms with E-state index in [0.717, 1.165) is 31.2 Å². The van der Waals surface area contributed by atoms with Crippen LogP contribution in [0.15, 0.2) is 5.38 Å². The summed E-state index contributed by atoms with van der Waals surface area (Å²) in [6.45, 7) is 8.38. The lowest BCUT2D eigenvalue weighted by Gasteiger charge is -2.22. The Morgan fingerprint density at radius 3 is 3.00 bits per heavy atom. The van der Waals surface area contributed by atoms with Crippen LogP contribution in [0.4, 0.5) is 0 Å². The van der Waals surface area contributed by atoms with E-state index in [1.54, 1.807) is 11.3 Å². The van der Waals surface area contributed by atoms with Gasteiger partial charge in [0, 0.05) is 18.5 Å². The molecule has 2 rings (SSSR count). The highest BCUT2D eigenvalue weighted by Gasteiger charge is 2.32. The second-order valence-electron chi connectivity index (χ2n) is 4.83. The highest BCUT2D eigenvalue weighted by Crippen LogP contribution is 2.29. The van der Waals surface area contributed by atoms with Crippen LogP contribution in [0.2, 0.25) is 0 Å². The van der Waals surface area contributed by atoms with Crippen LogP contribution in [-0.2, 0) is 6.54 Å². The van der Waals surface area contributed by atoms with Crippen LogP contribution in [0.25, 0.3) is 0 Å².